The Balaban J connectivity index is 1.94. The molecule has 142 valence electrons. The lowest BCUT2D eigenvalue weighted by molar-refractivity contribution is 0.439. The van der Waals surface area contributed by atoms with Gasteiger partial charge in [0, 0.05) is 25.2 Å². The molecule has 1 aliphatic rings. The Morgan fingerprint density at radius 1 is 1.30 bits per heavy atom. The minimum atomic E-state index is -0.464. The van der Waals surface area contributed by atoms with E-state index in [4.69, 9.17) is 16.6 Å². The zero-order chi connectivity index (χ0) is 19.1. The molecular weight excluding hydrogens is 366 g/mol. The molecule has 27 heavy (non-hydrogen) atoms. The fraction of sp³-hybridized carbons (Fsp3) is 0.421. The molecule has 1 aromatic carbocycles. The van der Waals surface area contributed by atoms with E-state index in [0.717, 1.165) is 25.1 Å². The number of nitrogens with one attached hydrogen (secondary N) is 1. The fourth-order valence-corrected chi connectivity index (χ4v) is 3.98. The molecule has 2 aromatic heterocycles. The molecular formula is C19H22ClN5O2. The molecule has 0 aliphatic carbocycles. The van der Waals surface area contributed by atoms with Crippen LogP contribution >= 0.6 is 11.6 Å². The molecule has 8 heteroatoms. The van der Waals surface area contributed by atoms with Crippen LogP contribution in [0.15, 0.2) is 33.9 Å². The van der Waals surface area contributed by atoms with E-state index in [0.29, 0.717) is 34.6 Å². The summed E-state index contributed by atoms with van der Waals surface area (Å²) in [7, 11) is 1.62. The van der Waals surface area contributed by atoms with E-state index < -0.39 is 11.2 Å². The van der Waals surface area contributed by atoms with Crippen molar-refractivity contribution in [2.45, 2.75) is 26.3 Å². The van der Waals surface area contributed by atoms with Crippen molar-refractivity contribution in [1.29, 1.82) is 0 Å². The predicted molar refractivity (Wildman–Crippen MR) is 107 cm³/mol. The number of fused-ring (bicyclic) bond motifs is 1. The molecule has 0 spiro atoms. The predicted octanol–water partition coefficient (Wildman–Crippen LogP) is 2.36. The van der Waals surface area contributed by atoms with E-state index in [-0.39, 0.29) is 0 Å². The molecule has 0 saturated carbocycles. The molecule has 1 N–H and O–H groups in total. The largest absolute Gasteiger partial charge is 0.342 e. The number of hydrogen-bond acceptors (Lipinski definition) is 4. The molecule has 0 unspecified atom stereocenters. The average molecular weight is 388 g/mol. The second-order valence-corrected chi connectivity index (χ2v) is 7.68. The van der Waals surface area contributed by atoms with Crippen molar-refractivity contribution in [3.63, 3.8) is 0 Å². The second-order valence-electron chi connectivity index (χ2n) is 7.27. The minimum absolute atomic E-state index is 0.393. The SMILES string of the molecule is C[C@H]1CCCN(c2nc3c(c(=O)[nH]c(=O)n3C)n2Cc2ccccc2Cl)C1. The van der Waals surface area contributed by atoms with Crippen LogP contribution < -0.4 is 16.1 Å². The van der Waals surface area contributed by atoms with Gasteiger partial charge < -0.3 is 4.90 Å². The molecule has 1 fully saturated rings. The number of aryl methyl sites for hydroxylation is 1. The summed E-state index contributed by atoms with van der Waals surface area (Å²) in [6.07, 6.45) is 2.26. The van der Waals surface area contributed by atoms with Crippen molar-refractivity contribution in [2.75, 3.05) is 18.0 Å². The number of nitrogens with zero attached hydrogens (tertiary/aromatic N) is 4. The third-order valence-electron chi connectivity index (χ3n) is 5.21. The maximum absolute atomic E-state index is 12.6. The number of piperidine rings is 1. The van der Waals surface area contributed by atoms with E-state index in [1.54, 1.807) is 7.05 Å². The van der Waals surface area contributed by atoms with Gasteiger partial charge in [0.2, 0.25) is 5.95 Å². The Kier molecular flexibility index (Phi) is 4.55. The first-order valence-corrected chi connectivity index (χ1v) is 9.51. The molecule has 1 aliphatic heterocycles. The summed E-state index contributed by atoms with van der Waals surface area (Å²) in [6.45, 7) is 4.38. The van der Waals surface area contributed by atoms with Crippen LogP contribution in [-0.2, 0) is 13.6 Å². The van der Waals surface area contributed by atoms with Crippen LogP contribution in [0.5, 0.6) is 0 Å². The highest BCUT2D eigenvalue weighted by atomic mass is 35.5. The molecule has 4 rings (SSSR count). The Hall–Kier alpha value is -2.54. The van der Waals surface area contributed by atoms with Crippen molar-refractivity contribution >= 4 is 28.7 Å². The summed E-state index contributed by atoms with van der Waals surface area (Å²) in [4.78, 5) is 34.0. The average Bonchev–Trinajstić information content (AvgIpc) is 3.02. The maximum Gasteiger partial charge on any atom is 0.329 e. The number of hydrogen-bond donors (Lipinski definition) is 1. The smallest absolute Gasteiger partial charge is 0.329 e. The number of imidazole rings is 1. The number of halogens is 1. The van der Waals surface area contributed by atoms with Crippen LogP contribution in [-0.4, -0.2) is 32.2 Å². The number of aromatic amines is 1. The van der Waals surface area contributed by atoms with Gasteiger partial charge in [-0.15, -0.1) is 0 Å². The van der Waals surface area contributed by atoms with E-state index in [1.807, 2.05) is 28.8 Å². The number of rotatable bonds is 3. The Morgan fingerprint density at radius 3 is 2.81 bits per heavy atom. The molecule has 3 heterocycles. The van der Waals surface area contributed by atoms with Crippen LogP contribution in [0.4, 0.5) is 5.95 Å². The summed E-state index contributed by atoms with van der Waals surface area (Å²) >= 11 is 6.36. The molecule has 1 atom stereocenters. The van der Waals surface area contributed by atoms with Crippen molar-refractivity contribution in [3.8, 4) is 0 Å². The second kappa shape index (κ2) is 6.88. The van der Waals surface area contributed by atoms with E-state index in [9.17, 15) is 9.59 Å². The van der Waals surface area contributed by atoms with Crippen LogP contribution in [0.2, 0.25) is 5.02 Å². The van der Waals surface area contributed by atoms with Gasteiger partial charge in [0.15, 0.2) is 11.2 Å². The van der Waals surface area contributed by atoms with E-state index in [2.05, 4.69) is 16.8 Å². The first-order valence-electron chi connectivity index (χ1n) is 9.13. The van der Waals surface area contributed by atoms with Gasteiger partial charge in [-0.1, -0.05) is 36.7 Å². The number of anilines is 1. The van der Waals surface area contributed by atoms with E-state index in [1.165, 1.54) is 11.0 Å². The lowest BCUT2D eigenvalue weighted by Crippen LogP contribution is -2.36. The van der Waals surface area contributed by atoms with Gasteiger partial charge in [-0.05, 0) is 30.4 Å². The van der Waals surface area contributed by atoms with Crippen LogP contribution in [0.1, 0.15) is 25.3 Å². The molecule has 7 nitrogen and oxygen atoms in total. The normalized spacial score (nSPS) is 17.6. The fourth-order valence-electron chi connectivity index (χ4n) is 3.78. The monoisotopic (exact) mass is 387 g/mol. The number of benzene rings is 1. The van der Waals surface area contributed by atoms with Gasteiger partial charge in [0.1, 0.15) is 0 Å². The molecule has 1 saturated heterocycles. The van der Waals surface area contributed by atoms with Crippen LogP contribution in [0.25, 0.3) is 11.2 Å². The van der Waals surface area contributed by atoms with Crippen LogP contribution in [0, 0.1) is 5.92 Å². The maximum atomic E-state index is 12.6. The van der Waals surface area contributed by atoms with Gasteiger partial charge in [0.05, 0.1) is 6.54 Å². The van der Waals surface area contributed by atoms with Crippen LogP contribution in [0.3, 0.4) is 0 Å². The van der Waals surface area contributed by atoms with Gasteiger partial charge >= 0.3 is 5.69 Å². The minimum Gasteiger partial charge on any atom is -0.342 e. The summed E-state index contributed by atoms with van der Waals surface area (Å²) in [5.74, 6) is 1.26. The molecule has 0 amide bonds. The topological polar surface area (TPSA) is 75.9 Å². The lowest BCUT2D eigenvalue weighted by atomic mass is 10.0. The van der Waals surface area contributed by atoms with Crippen molar-refractivity contribution in [3.05, 3.63) is 55.7 Å². The first-order chi connectivity index (χ1) is 13.0. The third kappa shape index (κ3) is 3.16. The standard InChI is InChI=1S/C19H22ClN5O2/c1-12-6-5-9-24(10-12)18-21-16-15(17(26)22-19(27)23(16)2)25(18)11-13-7-3-4-8-14(13)20/h3-4,7-8,12H,5-6,9-11H2,1-2H3,(H,22,26,27)/t12-/m0/s1. The van der Waals surface area contributed by atoms with Crippen molar-refractivity contribution in [2.24, 2.45) is 13.0 Å². The third-order valence-corrected chi connectivity index (χ3v) is 5.58. The zero-order valence-electron chi connectivity index (χ0n) is 15.4. The summed E-state index contributed by atoms with van der Waals surface area (Å²) < 4.78 is 3.27. The Morgan fingerprint density at radius 2 is 2.07 bits per heavy atom. The van der Waals surface area contributed by atoms with Gasteiger partial charge in [-0.3, -0.25) is 18.9 Å². The summed E-state index contributed by atoms with van der Waals surface area (Å²) in [6, 6.07) is 7.57. The van der Waals surface area contributed by atoms with Crippen molar-refractivity contribution < 1.29 is 0 Å². The molecule has 0 bridgehead atoms. The highest BCUT2D eigenvalue weighted by molar-refractivity contribution is 6.31. The van der Waals surface area contributed by atoms with Gasteiger partial charge in [-0.2, -0.15) is 4.98 Å². The van der Waals surface area contributed by atoms with Crippen molar-refractivity contribution in [1.82, 2.24) is 19.1 Å². The summed E-state index contributed by atoms with van der Waals surface area (Å²) in [5, 5.41) is 0.638. The number of H-pyrrole nitrogens is 1. The Labute approximate surface area is 161 Å². The highest BCUT2D eigenvalue weighted by Gasteiger charge is 2.25. The lowest BCUT2D eigenvalue weighted by Gasteiger charge is -2.32. The molecule has 0 radical (unpaired) electrons. The van der Waals surface area contributed by atoms with Gasteiger partial charge in [0.25, 0.3) is 5.56 Å². The summed E-state index contributed by atoms with van der Waals surface area (Å²) in [5.41, 5.74) is 0.796. The quantitative estimate of drug-likeness (QED) is 0.748. The Bertz CT molecular complexity index is 1110. The van der Waals surface area contributed by atoms with Gasteiger partial charge in [-0.25, -0.2) is 4.79 Å². The van der Waals surface area contributed by atoms with E-state index >= 15 is 0 Å². The molecule has 3 aromatic rings. The number of aromatic nitrogens is 4. The zero-order valence-corrected chi connectivity index (χ0v) is 16.2. The first kappa shape index (κ1) is 17.9. The highest BCUT2D eigenvalue weighted by Crippen LogP contribution is 2.27.